The van der Waals surface area contributed by atoms with E-state index in [9.17, 15) is 0 Å². The van der Waals surface area contributed by atoms with Gasteiger partial charge in [0.25, 0.3) is 0 Å². The summed E-state index contributed by atoms with van der Waals surface area (Å²) in [6.45, 7) is 3.89. The molecule has 0 aliphatic carbocycles. The van der Waals surface area contributed by atoms with Gasteiger partial charge >= 0.3 is 0 Å². The zero-order valence-corrected chi connectivity index (χ0v) is 8.16. The first-order valence-corrected chi connectivity index (χ1v) is 5.24. The van der Waals surface area contributed by atoms with E-state index in [2.05, 4.69) is 11.4 Å². The van der Waals surface area contributed by atoms with Crippen molar-refractivity contribution in [3.63, 3.8) is 0 Å². The second-order valence-electron chi connectivity index (χ2n) is 4.32. The molecule has 3 rings (SSSR count). The third kappa shape index (κ3) is 1.06. The molecule has 2 saturated heterocycles. The zero-order chi connectivity index (χ0) is 9.43. The van der Waals surface area contributed by atoms with Crippen molar-refractivity contribution in [2.75, 3.05) is 26.3 Å². The first-order chi connectivity index (χ1) is 6.92. The molecular weight excluding hydrogens is 178 g/mol. The van der Waals surface area contributed by atoms with Crippen LogP contribution in [0.5, 0.6) is 0 Å². The molecule has 2 fully saturated rings. The van der Waals surface area contributed by atoms with Crippen molar-refractivity contribution < 1.29 is 9.15 Å². The number of ether oxygens (including phenoxy) is 1. The van der Waals surface area contributed by atoms with Gasteiger partial charge in [0.05, 0.1) is 24.9 Å². The van der Waals surface area contributed by atoms with Crippen molar-refractivity contribution in [2.45, 2.75) is 11.8 Å². The maximum Gasteiger partial charge on any atom is 0.114 e. The minimum absolute atomic E-state index is 0.174. The van der Waals surface area contributed by atoms with Crippen LogP contribution < -0.4 is 5.32 Å². The van der Waals surface area contributed by atoms with E-state index in [4.69, 9.17) is 9.15 Å². The van der Waals surface area contributed by atoms with Crippen LogP contribution in [0, 0.1) is 5.92 Å². The first kappa shape index (κ1) is 8.50. The van der Waals surface area contributed by atoms with E-state index >= 15 is 0 Å². The summed E-state index contributed by atoms with van der Waals surface area (Å²) in [5.41, 5.74) is 0.174. The third-order valence-electron chi connectivity index (χ3n) is 3.57. The van der Waals surface area contributed by atoms with Crippen LogP contribution in [0.25, 0.3) is 0 Å². The highest BCUT2D eigenvalue weighted by molar-refractivity contribution is 5.20. The quantitative estimate of drug-likeness (QED) is 0.765. The number of hydrogen-bond acceptors (Lipinski definition) is 3. The highest BCUT2D eigenvalue weighted by Crippen LogP contribution is 2.42. The van der Waals surface area contributed by atoms with Gasteiger partial charge in [-0.3, -0.25) is 0 Å². The number of rotatable bonds is 2. The van der Waals surface area contributed by atoms with Crippen LogP contribution in [0.4, 0.5) is 0 Å². The summed E-state index contributed by atoms with van der Waals surface area (Å²) in [4.78, 5) is 0. The smallest absolute Gasteiger partial charge is 0.114 e. The summed E-state index contributed by atoms with van der Waals surface area (Å²) in [5, 5.41) is 3.41. The van der Waals surface area contributed by atoms with Gasteiger partial charge in [-0.05, 0) is 37.6 Å². The molecule has 3 nitrogen and oxygen atoms in total. The average molecular weight is 193 g/mol. The van der Waals surface area contributed by atoms with Gasteiger partial charge in [-0.1, -0.05) is 0 Å². The molecule has 1 N–H and O–H groups in total. The molecule has 2 aliphatic rings. The Balaban J connectivity index is 1.90. The monoisotopic (exact) mass is 193 g/mol. The van der Waals surface area contributed by atoms with E-state index in [0.717, 1.165) is 32.1 Å². The molecule has 0 radical (unpaired) electrons. The van der Waals surface area contributed by atoms with E-state index in [0.29, 0.717) is 5.92 Å². The molecule has 76 valence electrons. The Hall–Kier alpha value is -0.800. The average Bonchev–Trinajstić information content (AvgIpc) is 2.71. The van der Waals surface area contributed by atoms with E-state index in [1.165, 1.54) is 6.42 Å². The number of furan rings is 1. The highest BCUT2D eigenvalue weighted by Gasteiger charge is 2.49. The normalized spacial score (nSPS) is 30.1. The standard InChI is InChI=1S/C11H15NO2/c1-2-10(14-5-1)11(7-13-8-11)9-3-4-12-6-9/h1-2,5,9,12H,3-4,6-8H2. The minimum Gasteiger partial charge on any atom is -0.469 e. The van der Waals surface area contributed by atoms with E-state index < -0.39 is 0 Å². The molecule has 0 amide bonds. The van der Waals surface area contributed by atoms with Gasteiger partial charge in [-0.15, -0.1) is 0 Å². The Morgan fingerprint density at radius 2 is 2.36 bits per heavy atom. The second-order valence-corrected chi connectivity index (χ2v) is 4.32. The van der Waals surface area contributed by atoms with Gasteiger partial charge in [0.15, 0.2) is 0 Å². The fourth-order valence-corrected chi connectivity index (χ4v) is 2.59. The molecule has 1 unspecified atom stereocenters. The first-order valence-electron chi connectivity index (χ1n) is 5.24. The lowest BCUT2D eigenvalue weighted by atomic mass is 9.71. The van der Waals surface area contributed by atoms with Crippen LogP contribution >= 0.6 is 0 Å². The molecule has 0 spiro atoms. The van der Waals surface area contributed by atoms with Gasteiger partial charge in [0.2, 0.25) is 0 Å². The molecule has 14 heavy (non-hydrogen) atoms. The van der Waals surface area contributed by atoms with Crippen LogP contribution in [0.3, 0.4) is 0 Å². The van der Waals surface area contributed by atoms with Crippen molar-refractivity contribution in [1.82, 2.24) is 5.32 Å². The lowest BCUT2D eigenvalue weighted by Crippen LogP contribution is -2.52. The molecule has 3 heteroatoms. The molecular formula is C11H15NO2. The van der Waals surface area contributed by atoms with Crippen molar-refractivity contribution in [2.24, 2.45) is 5.92 Å². The maximum absolute atomic E-state index is 5.55. The lowest BCUT2D eigenvalue weighted by molar-refractivity contribution is -0.0968. The van der Waals surface area contributed by atoms with Gasteiger partial charge in [0, 0.05) is 0 Å². The van der Waals surface area contributed by atoms with E-state index in [1.54, 1.807) is 6.26 Å². The summed E-state index contributed by atoms with van der Waals surface area (Å²) in [5.74, 6) is 1.79. The highest BCUT2D eigenvalue weighted by atomic mass is 16.5. The molecule has 0 aromatic carbocycles. The minimum atomic E-state index is 0.174. The number of nitrogens with one attached hydrogen (secondary N) is 1. The summed E-state index contributed by atoms with van der Waals surface area (Å²) in [6, 6.07) is 4.05. The van der Waals surface area contributed by atoms with E-state index in [1.807, 2.05) is 6.07 Å². The van der Waals surface area contributed by atoms with Crippen molar-refractivity contribution in [3.8, 4) is 0 Å². The summed E-state index contributed by atoms with van der Waals surface area (Å²) in [6.07, 6.45) is 3.00. The molecule has 0 saturated carbocycles. The molecule has 2 aliphatic heterocycles. The Bertz CT molecular complexity index is 297. The summed E-state index contributed by atoms with van der Waals surface area (Å²) < 4.78 is 10.9. The number of hydrogen-bond donors (Lipinski definition) is 1. The predicted molar refractivity (Wildman–Crippen MR) is 52.2 cm³/mol. The lowest BCUT2D eigenvalue weighted by Gasteiger charge is -2.44. The molecule has 1 aromatic rings. The zero-order valence-electron chi connectivity index (χ0n) is 8.16. The summed E-state index contributed by atoms with van der Waals surface area (Å²) >= 11 is 0. The van der Waals surface area contributed by atoms with Crippen LogP contribution in [-0.2, 0) is 10.2 Å². The fraction of sp³-hybridized carbons (Fsp3) is 0.636. The van der Waals surface area contributed by atoms with Crippen molar-refractivity contribution in [1.29, 1.82) is 0 Å². The molecule has 0 bridgehead atoms. The maximum atomic E-state index is 5.55. The topological polar surface area (TPSA) is 34.4 Å². The van der Waals surface area contributed by atoms with Gasteiger partial charge in [0.1, 0.15) is 5.76 Å². The van der Waals surface area contributed by atoms with Crippen molar-refractivity contribution in [3.05, 3.63) is 24.2 Å². The van der Waals surface area contributed by atoms with Crippen LogP contribution in [0.2, 0.25) is 0 Å². The Morgan fingerprint density at radius 1 is 1.43 bits per heavy atom. The van der Waals surface area contributed by atoms with Gasteiger partial charge in [-0.25, -0.2) is 0 Å². The van der Waals surface area contributed by atoms with Gasteiger partial charge in [-0.2, -0.15) is 0 Å². The molecule has 1 aromatic heterocycles. The van der Waals surface area contributed by atoms with Crippen LogP contribution in [0.15, 0.2) is 22.8 Å². The predicted octanol–water partition coefficient (Wildman–Crippen LogP) is 1.16. The van der Waals surface area contributed by atoms with Crippen LogP contribution in [0.1, 0.15) is 12.2 Å². The Morgan fingerprint density at radius 3 is 2.86 bits per heavy atom. The Labute approximate surface area is 83.4 Å². The van der Waals surface area contributed by atoms with Crippen molar-refractivity contribution >= 4 is 0 Å². The Kier molecular flexibility index (Phi) is 1.89. The largest absolute Gasteiger partial charge is 0.469 e. The second kappa shape index (κ2) is 3.11. The third-order valence-corrected chi connectivity index (χ3v) is 3.57. The van der Waals surface area contributed by atoms with Crippen LogP contribution in [-0.4, -0.2) is 26.3 Å². The fourth-order valence-electron chi connectivity index (χ4n) is 2.59. The van der Waals surface area contributed by atoms with Gasteiger partial charge < -0.3 is 14.5 Å². The molecule has 1 atom stereocenters. The summed E-state index contributed by atoms with van der Waals surface area (Å²) in [7, 11) is 0. The molecule has 3 heterocycles. The SMILES string of the molecule is c1coc(C2(C3CCNC3)COC2)c1. The van der Waals surface area contributed by atoms with E-state index in [-0.39, 0.29) is 5.41 Å².